The van der Waals surface area contributed by atoms with Crippen LogP contribution in [0.15, 0.2) is 0 Å². The van der Waals surface area contributed by atoms with Gasteiger partial charge in [-0.2, -0.15) is 0 Å². The number of urea groups is 1. The lowest BCUT2D eigenvalue weighted by atomic mass is 9.81. The molecule has 0 bridgehead atoms. The fraction of sp³-hybridized carbons (Fsp3) is 0.962. The lowest BCUT2D eigenvalue weighted by Crippen LogP contribution is -2.69. The smallest absolute Gasteiger partial charge is 0.341 e. The highest BCUT2D eigenvalue weighted by Crippen LogP contribution is 2.32. The largest absolute Gasteiger partial charge is 0.394 e. The third kappa shape index (κ3) is 8.41. The van der Waals surface area contributed by atoms with Crippen molar-refractivity contribution >= 4 is 6.03 Å². The van der Waals surface area contributed by atoms with Crippen molar-refractivity contribution in [2.75, 3.05) is 32.8 Å². The molecule has 4 rings (SSSR count). The molecule has 2 saturated heterocycles. The molecule has 0 aromatic heterocycles. The Hall–Kier alpha value is -1.41. The second kappa shape index (κ2) is 16.3. The fourth-order valence-electron chi connectivity index (χ4n) is 6.31. The van der Waals surface area contributed by atoms with Crippen molar-refractivity contribution < 1.29 is 64.7 Å². The number of hydrogen-bond acceptors (Lipinski definition) is 18. The Balaban J connectivity index is 1.49. The molecule has 46 heavy (non-hydrogen) atoms. The summed E-state index contributed by atoms with van der Waals surface area (Å²) < 4.78 is 23.1. The number of amides is 2. The van der Waals surface area contributed by atoms with Crippen LogP contribution in [0.5, 0.6) is 0 Å². The summed E-state index contributed by atoms with van der Waals surface area (Å²) in [5.41, 5.74) is 23.5. The minimum atomic E-state index is -1.75. The van der Waals surface area contributed by atoms with Gasteiger partial charge >= 0.3 is 6.03 Å². The molecule has 4 fully saturated rings. The topological polar surface area (TPSA) is 347 Å². The molecule has 2 heterocycles. The molecule has 20 nitrogen and oxygen atoms in total. The van der Waals surface area contributed by atoms with Gasteiger partial charge in [-0.3, -0.25) is 5.21 Å². The number of hydroxylamine groups is 2. The number of ether oxygens (including phenoxy) is 4. The molecule has 268 valence electrons. The van der Waals surface area contributed by atoms with Crippen LogP contribution in [0, 0.1) is 5.92 Å². The van der Waals surface area contributed by atoms with Gasteiger partial charge in [0.15, 0.2) is 12.6 Å². The number of aliphatic hydroxyl groups is 7. The number of hydrogen-bond donors (Lipinski definition) is 14. The second-order valence-corrected chi connectivity index (χ2v) is 12.6. The molecule has 1 unspecified atom stereocenters. The maximum absolute atomic E-state index is 12.6. The number of aliphatic hydroxyl groups excluding tert-OH is 7. The molecule has 15 atom stereocenters. The monoisotopic (exact) mass is 669 g/mol. The number of nitrogens with one attached hydrogen (secondary N) is 2. The van der Waals surface area contributed by atoms with Gasteiger partial charge in [-0.25, -0.2) is 9.86 Å². The Bertz CT molecular complexity index is 971. The summed E-state index contributed by atoms with van der Waals surface area (Å²) in [7, 11) is 0. The molecule has 2 aliphatic carbocycles. The van der Waals surface area contributed by atoms with E-state index in [0.717, 1.165) is 12.8 Å². The minimum absolute atomic E-state index is 0.0625. The van der Waals surface area contributed by atoms with Gasteiger partial charge in [-0.05, 0) is 31.7 Å². The Morgan fingerprint density at radius 1 is 0.804 bits per heavy atom. The first-order chi connectivity index (χ1) is 21.8. The van der Waals surface area contributed by atoms with Crippen molar-refractivity contribution in [2.45, 2.75) is 117 Å². The summed E-state index contributed by atoms with van der Waals surface area (Å²) in [6.45, 7) is -0.265. The molecular formula is C26H51N7O13. The summed E-state index contributed by atoms with van der Waals surface area (Å²) in [6.07, 6.45) is -16.5. The molecule has 20 heteroatoms. The molecule has 2 aliphatic heterocycles. The molecule has 2 amide bonds. The Kier molecular flexibility index (Phi) is 13.3. The van der Waals surface area contributed by atoms with E-state index >= 15 is 0 Å². The standard InChI is InChI=1S/C26H51N7O13/c27-1-2-33(42)26(41)32-12-5-11(29)22(21(40)23(12)46-24-18(37)15(30)16(35)14(8-34)44-24)45-25-20(39)19(38)17(36)13(43-25)7-31-6-9-3-10(28)4-9/h9-25,31,34-40,42H,1-8,27-30H2,(H,32,41)/t9?,10?,11-,12+,13+,14+,15-,16+,17+,18+,19-,20+,21-,22?,23-,24+,25+/m0/s1. The number of carbonyl (C=O) groups is 1. The Morgan fingerprint density at radius 3 is 2.07 bits per heavy atom. The molecule has 4 aliphatic rings. The van der Waals surface area contributed by atoms with Crippen molar-refractivity contribution in [1.29, 1.82) is 0 Å². The molecule has 0 radical (unpaired) electrons. The van der Waals surface area contributed by atoms with Gasteiger partial charge in [0.1, 0.15) is 61.0 Å². The number of nitrogens with two attached hydrogens (primary N) is 4. The van der Waals surface area contributed by atoms with Crippen LogP contribution in [0.3, 0.4) is 0 Å². The summed E-state index contributed by atoms with van der Waals surface area (Å²) in [5.74, 6) is 0.365. The van der Waals surface area contributed by atoms with Crippen molar-refractivity contribution in [3.05, 3.63) is 0 Å². The van der Waals surface area contributed by atoms with E-state index in [1.165, 1.54) is 0 Å². The van der Waals surface area contributed by atoms with E-state index in [9.17, 15) is 45.7 Å². The molecular weight excluding hydrogens is 618 g/mol. The van der Waals surface area contributed by atoms with Crippen LogP contribution in [0.4, 0.5) is 4.79 Å². The van der Waals surface area contributed by atoms with Crippen molar-refractivity contribution in [3.63, 3.8) is 0 Å². The summed E-state index contributed by atoms with van der Waals surface area (Å²) in [6, 6.07) is -4.37. The maximum atomic E-state index is 12.6. The van der Waals surface area contributed by atoms with Crippen LogP contribution in [0.25, 0.3) is 0 Å². The normalized spacial score (nSPS) is 46.4. The highest BCUT2D eigenvalue weighted by molar-refractivity contribution is 5.73. The van der Waals surface area contributed by atoms with Crippen LogP contribution < -0.4 is 33.6 Å². The van der Waals surface area contributed by atoms with Crippen LogP contribution >= 0.6 is 0 Å². The van der Waals surface area contributed by atoms with Crippen molar-refractivity contribution in [3.8, 4) is 0 Å². The van der Waals surface area contributed by atoms with Gasteiger partial charge in [0.05, 0.1) is 25.2 Å². The van der Waals surface area contributed by atoms with E-state index in [1.54, 1.807) is 0 Å². The van der Waals surface area contributed by atoms with Crippen LogP contribution in [0.2, 0.25) is 0 Å². The number of nitrogens with zero attached hydrogens (tertiary/aromatic N) is 1. The SMILES string of the molecule is NCCN(O)C(=O)N[C@@H]1C[C@H](N)C(O[C@H]2O[C@H](CNCC3CC(N)C3)[C@@H](O)[C@H](O)[C@H]2O)[C@H](O)[C@H]1O[C@H]1O[C@H](CO)[C@@H](O)[C@H](N)[C@H]1O. The highest BCUT2D eigenvalue weighted by atomic mass is 16.7. The van der Waals surface area contributed by atoms with Gasteiger partial charge in [0.25, 0.3) is 0 Å². The molecule has 2 saturated carbocycles. The van der Waals surface area contributed by atoms with E-state index in [2.05, 4.69) is 10.6 Å². The summed E-state index contributed by atoms with van der Waals surface area (Å²) in [4.78, 5) is 12.6. The second-order valence-electron chi connectivity index (χ2n) is 12.6. The molecule has 0 aromatic carbocycles. The zero-order valence-electron chi connectivity index (χ0n) is 25.3. The van der Waals surface area contributed by atoms with Gasteiger partial charge in [0.2, 0.25) is 0 Å². The molecule has 18 N–H and O–H groups in total. The third-order valence-electron chi connectivity index (χ3n) is 9.14. The molecule has 0 spiro atoms. The summed E-state index contributed by atoms with van der Waals surface area (Å²) in [5, 5.41) is 89.8. The Labute approximate surface area is 265 Å². The average Bonchev–Trinajstić information content (AvgIpc) is 3.00. The zero-order chi connectivity index (χ0) is 33.9. The van der Waals surface area contributed by atoms with E-state index in [-0.39, 0.29) is 32.1 Å². The van der Waals surface area contributed by atoms with Gasteiger partial charge in [-0.1, -0.05) is 0 Å². The minimum Gasteiger partial charge on any atom is -0.394 e. The van der Waals surface area contributed by atoms with Crippen LogP contribution in [-0.4, -0.2) is 183 Å². The highest BCUT2D eigenvalue weighted by Gasteiger charge is 2.52. The van der Waals surface area contributed by atoms with E-state index in [4.69, 9.17) is 41.9 Å². The van der Waals surface area contributed by atoms with Crippen molar-refractivity contribution in [1.82, 2.24) is 15.7 Å². The van der Waals surface area contributed by atoms with Gasteiger partial charge < -0.3 is 88.3 Å². The van der Waals surface area contributed by atoms with E-state index < -0.39 is 104 Å². The van der Waals surface area contributed by atoms with E-state index in [1.807, 2.05) is 0 Å². The predicted molar refractivity (Wildman–Crippen MR) is 154 cm³/mol. The van der Waals surface area contributed by atoms with Crippen LogP contribution in [-0.2, 0) is 18.9 Å². The van der Waals surface area contributed by atoms with E-state index in [0.29, 0.717) is 17.5 Å². The first-order valence-electron chi connectivity index (χ1n) is 15.5. The predicted octanol–water partition coefficient (Wildman–Crippen LogP) is -7.52. The zero-order valence-corrected chi connectivity index (χ0v) is 25.3. The van der Waals surface area contributed by atoms with Crippen LogP contribution in [0.1, 0.15) is 19.3 Å². The Morgan fingerprint density at radius 2 is 1.43 bits per heavy atom. The number of carbonyl (C=O) groups excluding carboxylic acids is 1. The average molecular weight is 670 g/mol. The van der Waals surface area contributed by atoms with Gasteiger partial charge in [-0.15, -0.1) is 0 Å². The maximum Gasteiger partial charge on any atom is 0.341 e. The number of rotatable bonds is 12. The quantitative estimate of drug-likeness (QED) is 0.0677. The molecule has 0 aromatic rings. The lowest BCUT2D eigenvalue weighted by molar-refractivity contribution is -0.333. The summed E-state index contributed by atoms with van der Waals surface area (Å²) >= 11 is 0. The third-order valence-corrected chi connectivity index (χ3v) is 9.14. The van der Waals surface area contributed by atoms with Crippen molar-refractivity contribution in [2.24, 2.45) is 28.9 Å². The van der Waals surface area contributed by atoms with Gasteiger partial charge in [0, 0.05) is 25.2 Å². The fourth-order valence-corrected chi connectivity index (χ4v) is 6.31. The first-order valence-corrected chi connectivity index (χ1v) is 15.5. The first kappa shape index (κ1) is 37.4. The lowest BCUT2D eigenvalue weighted by Gasteiger charge is -2.49.